The van der Waals surface area contributed by atoms with Crippen molar-refractivity contribution in [2.45, 2.75) is 0 Å². The lowest BCUT2D eigenvalue weighted by Gasteiger charge is -2.12. The molecule has 2 amide bonds. The minimum Gasteiger partial charge on any atom is -0.378 e. The Bertz CT molecular complexity index is 1090. The Labute approximate surface area is 198 Å². The quantitative estimate of drug-likeness (QED) is 0.400. The van der Waals surface area contributed by atoms with Crippen LogP contribution in [0, 0.1) is 0 Å². The molecule has 0 saturated heterocycles. The molecule has 2 aromatic carbocycles. The molecule has 2 N–H and O–H groups in total. The number of amides is 2. The molecule has 1 heterocycles. The molecule has 0 radical (unpaired) electrons. The van der Waals surface area contributed by atoms with Crippen molar-refractivity contribution in [1.29, 1.82) is 0 Å². The lowest BCUT2D eigenvalue weighted by Crippen LogP contribution is -2.18. The van der Waals surface area contributed by atoms with Gasteiger partial charge < -0.3 is 9.80 Å². The Morgan fingerprint density at radius 2 is 1.09 bits per heavy atom. The molecule has 9 heteroatoms. The number of aromatic nitrogens is 1. The van der Waals surface area contributed by atoms with E-state index in [0.717, 1.165) is 11.4 Å². The summed E-state index contributed by atoms with van der Waals surface area (Å²) in [6.45, 7) is 0. The van der Waals surface area contributed by atoms with Gasteiger partial charge in [0.2, 0.25) is 0 Å². The Morgan fingerprint density at radius 3 is 1.44 bits per heavy atom. The third-order valence-electron chi connectivity index (χ3n) is 4.83. The average molecular weight is 458 g/mol. The summed E-state index contributed by atoms with van der Waals surface area (Å²) in [6, 6.07) is 16.2. The zero-order chi connectivity index (χ0) is 24.5. The molecular weight excluding hydrogens is 430 g/mol. The Morgan fingerprint density at radius 1 is 0.706 bits per heavy atom. The van der Waals surface area contributed by atoms with Gasteiger partial charge in [-0.05, 0) is 54.6 Å². The molecule has 0 spiro atoms. The van der Waals surface area contributed by atoms with Crippen molar-refractivity contribution in [1.82, 2.24) is 15.8 Å². The van der Waals surface area contributed by atoms with Crippen LogP contribution in [0.3, 0.4) is 0 Å². The minimum absolute atomic E-state index is 0.312. The van der Waals surface area contributed by atoms with E-state index < -0.39 is 0 Å². The van der Waals surface area contributed by atoms with Crippen LogP contribution in [-0.2, 0) is 0 Å². The largest absolute Gasteiger partial charge is 0.378 e. The number of carbonyl (C=O) groups is 2. The van der Waals surface area contributed by atoms with E-state index in [-0.39, 0.29) is 11.8 Å². The topological polar surface area (TPSA) is 102 Å². The molecule has 0 bridgehead atoms. The van der Waals surface area contributed by atoms with E-state index in [1.807, 2.05) is 62.3 Å². The van der Waals surface area contributed by atoms with E-state index in [4.69, 9.17) is 0 Å². The van der Waals surface area contributed by atoms with Gasteiger partial charge in [-0.15, -0.1) is 0 Å². The van der Waals surface area contributed by atoms with Gasteiger partial charge in [0.15, 0.2) is 0 Å². The number of anilines is 2. The summed E-state index contributed by atoms with van der Waals surface area (Å²) in [5, 5.41) is 7.98. The fourth-order valence-corrected chi connectivity index (χ4v) is 2.90. The van der Waals surface area contributed by atoms with Crippen molar-refractivity contribution in [3.05, 3.63) is 89.2 Å². The Balaban J connectivity index is 1.54. The Kier molecular flexibility index (Phi) is 8.07. The van der Waals surface area contributed by atoms with Gasteiger partial charge in [-0.1, -0.05) is 0 Å². The monoisotopic (exact) mass is 457 g/mol. The molecule has 0 aliphatic rings. The first-order chi connectivity index (χ1) is 16.3. The highest BCUT2D eigenvalue weighted by Crippen LogP contribution is 2.13. The molecule has 0 unspecified atom stereocenters. The molecule has 9 nitrogen and oxygen atoms in total. The van der Waals surface area contributed by atoms with Crippen LogP contribution in [0.1, 0.15) is 31.8 Å². The SMILES string of the molecule is CN(C)c1ccc(C(=O)N/N=C/c2cncc(/C=N/NC(=O)c3ccc(N(C)C)cc3)c2)cc1. The fraction of sp³-hybridized carbons (Fsp3) is 0.160. The highest BCUT2D eigenvalue weighted by molar-refractivity contribution is 5.96. The number of nitrogens with one attached hydrogen (secondary N) is 2. The molecule has 0 saturated carbocycles. The Hall–Kier alpha value is -4.53. The summed E-state index contributed by atoms with van der Waals surface area (Å²) in [5.41, 5.74) is 9.35. The normalized spacial score (nSPS) is 10.9. The van der Waals surface area contributed by atoms with Gasteiger partial charge in [0.1, 0.15) is 0 Å². The third-order valence-corrected chi connectivity index (χ3v) is 4.83. The van der Waals surface area contributed by atoms with Crippen molar-refractivity contribution < 1.29 is 9.59 Å². The molecule has 0 aliphatic heterocycles. The molecule has 34 heavy (non-hydrogen) atoms. The van der Waals surface area contributed by atoms with Gasteiger partial charge in [0, 0.05) is 74.2 Å². The van der Waals surface area contributed by atoms with Gasteiger partial charge in [0.25, 0.3) is 11.8 Å². The molecule has 0 atom stereocenters. The maximum Gasteiger partial charge on any atom is 0.271 e. The second-order valence-electron chi connectivity index (χ2n) is 7.83. The summed E-state index contributed by atoms with van der Waals surface area (Å²) in [7, 11) is 7.74. The van der Waals surface area contributed by atoms with Crippen LogP contribution >= 0.6 is 0 Å². The van der Waals surface area contributed by atoms with Crippen molar-refractivity contribution in [2.75, 3.05) is 38.0 Å². The predicted octanol–water partition coefficient (Wildman–Crippen LogP) is 2.74. The summed E-state index contributed by atoms with van der Waals surface area (Å²) in [4.78, 5) is 32.5. The van der Waals surface area contributed by atoms with Crippen molar-refractivity contribution in [3.63, 3.8) is 0 Å². The molecule has 174 valence electrons. The average Bonchev–Trinajstić information content (AvgIpc) is 2.84. The number of rotatable bonds is 8. The van der Waals surface area contributed by atoms with Gasteiger partial charge in [-0.3, -0.25) is 14.6 Å². The second kappa shape index (κ2) is 11.4. The first-order valence-corrected chi connectivity index (χ1v) is 10.5. The summed E-state index contributed by atoms with van der Waals surface area (Å²) in [6.07, 6.45) is 6.18. The number of nitrogens with zero attached hydrogens (tertiary/aromatic N) is 5. The number of carbonyl (C=O) groups excluding carboxylic acids is 2. The van der Waals surface area contributed by atoms with Crippen LogP contribution in [0.5, 0.6) is 0 Å². The zero-order valence-electron chi connectivity index (χ0n) is 19.6. The number of hydrogen-bond donors (Lipinski definition) is 2. The maximum atomic E-state index is 12.2. The fourth-order valence-electron chi connectivity index (χ4n) is 2.90. The zero-order valence-corrected chi connectivity index (χ0v) is 19.6. The van der Waals surface area contributed by atoms with Crippen LogP contribution < -0.4 is 20.7 Å². The standard InChI is InChI=1S/C25H27N7O2/c1-31(2)22-9-5-20(6-10-22)24(33)29-27-16-18-13-19(15-26-14-18)17-28-30-25(34)21-7-11-23(12-8-21)32(3)4/h5-17H,1-4H3,(H,29,33)(H,30,34)/b27-16+,28-17+. The number of hydrogen-bond acceptors (Lipinski definition) is 7. The number of benzene rings is 2. The van der Waals surface area contributed by atoms with Crippen LogP contribution in [-0.4, -0.2) is 57.4 Å². The van der Waals surface area contributed by atoms with Gasteiger partial charge >= 0.3 is 0 Å². The van der Waals surface area contributed by atoms with Crippen molar-refractivity contribution in [3.8, 4) is 0 Å². The molecule has 0 aliphatic carbocycles. The second-order valence-corrected chi connectivity index (χ2v) is 7.83. The molecule has 3 aromatic rings. The van der Waals surface area contributed by atoms with Gasteiger partial charge in [-0.2, -0.15) is 10.2 Å². The van der Waals surface area contributed by atoms with E-state index in [0.29, 0.717) is 22.3 Å². The van der Waals surface area contributed by atoms with E-state index >= 15 is 0 Å². The maximum absolute atomic E-state index is 12.2. The van der Waals surface area contributed by atoms with Crippen molar-refractivity contribution in [2.24, 2.45) is 10.2 Å². The molecular formula is C25H27N7O2. The first kappa shape index (κ1) is 24.1. The lowest BCUT2D eigenvalue weighted by atomic mass is 10.2. The number of hydrazone groups is 2. The van der Waals surface area contributed by atoms with Crippen LogP contribution in [0.15, 0.2) is 77.2 Å². The van der Waals surface area contributed by atoms with E-state index in [1.165, 1.54) is 12.4 Å². The predicted molar refractivity (Wildman–Crippen MR) is 136 cm³/mol. The van der Waals surface area contributed by atoms with E-state index in [9.17, 15) is 9.59 Å². The summed E-state index contributed by atoms with van der Waals surface area (Å²) < 4.78 is 0. The van der Waals surface area contributed by atoms with Crippen molar-refractivity contribution >= 4 is 35.6 Å². The van der Waals surface area contributed by atoms with Crippen LogP contribution in [0.2, 0.25) is 0 Å². The van der Waals surface area contributed by atoms with Gasteiger partial charge in [0.05, 0.1) is 12.4 Å². The molecule has 0 fully saturated rings. The third kappa shape index (κ3) is 6.73. The van der Waals surface area contributed by atoms with Crippen LogP contribution in [0.25, 0.3) is 0 Å². The van der Waals surface area contributed by atoms with E-state index in [1.54, 1.807) is 42.7 Å². The van der Waals surface area contributed by atoms with Gasteiger partial charge in [-0.25, -0.2) is 10.9 Å². The highest BCUT2D eigenvalue weighted by atomic mass is 16.2. The first-order valence-electron chi connectivity index (χ1n) is 10.5. The minimum atomic E-state index is -0.312. The summed E-state index contributed by atoms with van der Waals surface area (Å²) >= 11 is 0. The summed E-state index contributed by atoms with van der Waals surface area (Å²) in [5.74, 6) is -0.623. The van der Waals surface area contributed by atoms with E-state index in [2.05, 4.69) is 26.0 Å². The number of pyridine rings is 1. The highest BCUT2D eigenvalue weighted by Gasteiger charge is 2.06. The molecule has 1 aromatic heterocycles. The lowest BCUT2D eigenvalue weighted by molar-refractivity contribution is 0.0947. The molecule has 3 rings (SSSR count). The van der Waals surface area contributed by atoms with Crippen LogP contribution in [0.4, 0.5) is 11.4 Å². The smallest absolute Gasteiger partial charge is 0.271 e.